The summed E-state index contributed by atoms with van der Waals surface area (Å²) in [6.45, 7) is 13.5. The largest absolute Gasteiger partial charge is 0.459 e. The summed E-state index contributed by atoms with van der Waals surface area (Å²) in [5.74, 6) is -5.93. The molecule has 1 aromatic carbocycles. The van der Waals surface area contributed by atoms with Gasteiger partial charge in [0.1, 0.15) is 29.5 Å². The Balaban J connectivity index is 1.50. The monoisotopic (exact) mass is 836 g/mol. The molecule has 1 aromatic heterocycles. The minimum Gasteiger partial charge on any atom is -0.459 e. The van der Waals surface area contributed by atoms with Gasteiger partial charge in [0.15, 0.2) is 21.9 Å². The fourth-order valence-electron chi connectivity index (χ4n) is 8.11. The Morgan fingerprint density at radius 3 is 2.22 bits per heavy atom. The molecule has 326 valence electrons. The fraction of sp³-hybridized carbons (Fsp3) is 0.732. The Hall–Kier alpha value is -3.16. The standard InChI is InChI=1S/C41H64N4O12S/c1-23-21-40(7,54-10)37(26(4)34(47)27(5)38(50)56-28(6)41(8,51)36(49)25(3)33(23)46)57-39-35(48)32(20-24(2)55-39)44(9)18-17-30-22-45(43-42-30)19-16-29-12-14-31(15-13-29)58(11,52)53/h12-15,22-28,32,35-37,39,48-49,51H,16-21H2,1-11H3/t23-,24-,25+,26+,27-,28-,32+,35-,36-,37-,39+,40-,41-/m1/s1. The van der Waals surface area contributed by atoms with Gasteiger partial charge in [0.25, 0.3) is 0 Å². The average Bonchev–Trinajstić information content (AvgIpc) is 3.64. The number of hydrogen-bond donors (Lipinski definition) is 3. The second-order valence-electron chi connectivity index (χ2n) is 17.0. The molecule has 13 atom stereocenters. The first-order chi connectivity index (χ1) is 26.9. The lowest BCUT2D eigenvalue weighted by molar-refractivity contribution is -0.296. The lowest BCUT2D eigenvalue weighted by Gasteiger charge is -2.47. The van der Waals surface area contributed by atoms with Gasteiger partial charge in [0.05, 0.1) is 34.5 Å². The van der Waals surface area contributed by atoms with Gasteiger partial charge < -0.3 is 39.2 Å². The summed E-state index contributed by atoms with van der Waals surface area (Å²) in [6.07, 6.45) is -2.02. The first-order valence-electron chi connectivity index (χ1n) is 20.0. The highest BCUT2D eigenvalue weighted by molar-refractivity contribution is 7.90. The highest BCUT2D eigenvalue weighted by Gasteiger charge is 2.51. The highest BCUT2D eigenvalue weighted by Crippen LogP contribution is 2.38. The zero-order valence-electron chi connectivity index (χ0n) is 35.7. The molecule has 2 aliphatic heterocycles. The smallest absolute Gasteiger partial charge is 0.316 e. The third kappa shape index (κ3) is 11.0. The van der Waals surface area contributed by atoms with Crippen molar-refractivity contribution >= 4 is 27.4 Å². The maximum absolute atomic E-state index is 14.1. The molecule has 2 aliphatic rings. The van der Waals surface area contributed by atoms with Gasteiger partial charge in [-0.05, 0) is 78.6 Å². The summed E-state index contributed by atoms with van der Waals surface area (Å²) < 4.78 is 49.7. The predicted octanol–water partition coefficient (Wildman–Crippen LogP) is 2.18. The maximum Gasteiger partial charge on any atom is 0.316 e. The van der Waals surface area contributed by atoms with Crippen LogP contribution in [0.2, 0.25) is 0 Å². The third-order valence-electron chi connectivity index (χ3n) is 12.3. The first-order valence-corrected chi connectivity index (χ1v) is 21.9. The minimum absolute atomic E-state index is 0.0377. The number of Topliss-reactive ketones (excluding diaryl/α,β-unsaturated/α-hetero) is 2. The molecule has 3 heterocycles. The lowest BCUT2D eigenvalue weighted by Crippen LogP contribution is -2.60. The molecule has 2 fully saturated rings. The molecule has 0 bridgehead atoms. The van der Waals surface area contributed by atoms with Crippen LogP contribution in [-0.4, -0.2) is 142 Å². The fourth-order valence-corrected chi connectivity index (χ4v) is 8.74. The number of ether oxygens (including phenoxy) is 4. The molecule has 4 rings (SSSR count). The number of aliphatic hydroxyl groups is 3. The van der Waals surface area contributed by atoms with Gasteiger partial charge >= 0.3 is 5.97 Å². The molecule has 17 heteroatoms. The van der Waals surface area contributed by atoms with Gasteiger partial charge in [-0.25, -0.2) is 8.42 Å². The van der Waals surface area contributed by atoms with E-state index in [0.29, 0.717) is 32.4 Å². The quantitative estimate of drug-likeness (QED) is 0.218. The van der Waals surface area contributed by atoms with Gasteiger partial charge in [-0.2, -0.15) is 0 Å². The van der Waals surface area contributed by atoms with Crippen LogP contribution in [0.5, 0.6) is 0 Å². The average molecular weight is 837 g/mol. The van der Waals surface area contributed by atoms with E-state index in [4.69, 9.17) is 18.9 Å². The Morgan fingerprint density at radius 1 is 0.983 bits per heavy atom. The van der Waals surface area contributed by atoms with Crippen LogP contribution in [0, 0.1) is 23.7 Å². The number of methoxy groups -OCH3 is 1. The highest BCUT2D eigenvalue weighted by atomic mass is 32.2. The van der Waals surface area contributed by atoms with Crippen molar-refractivity contribution in [1.29, 1.82) is 0 Å². The SMILES string of the molecule is CO[C@]1(C)C[C@@H](C)C(=O)[C@H](C)[C@@H](O)[C@](C)(O)[C@@H](C)OC(=O)[C@H](C)C(=O)[C@H](C)[C@H]1O[C@@H]1O[C@H](C)C[C@H](N(C)CCc2cn(CCc3ccc(S(C)(=O)=O)cc3)nn2)[C@H]1O. The molecule has 16 nitrogen and oxygen atoms in total. The summed E-state index contributed by atoms with van der Waals surface area (Å²) in [5, 5.41) is 42.7. The van der Waals surface area contributed by atoms with E-state index in [2.05, 4.69) is 10.3 Å². The number of rotatable bonds is 11. The van der Waals surface area contributed by atoms with Crippen molar-refractivity contribution in [1.82, 2.24) is 19.9 Å². The molecular formula is C41H64N4O12S. The van der Waals surface area contributed by atoms with E-state index in [1.165, 1.54) is 41.1 Å². The molecule has 0 spiro atoms. The number of aryl methyl sites for hydroxylation is 2. The molecular weight excluding hydrogens is 773 g/mol. The molecule has 0 amide bonds. The second kappa shape index (κ2) is 19.0. The van der Waals surface area contributed by atoms with E-state index in [9.17, 15) is 38.1 Å². The number of carbonyl (C=O) groups excluding carboxylic acids is 3. The Labute approximate surface area is 342 Å². The van der Waals surface area contributed by atoms with Gasteiger partial charge in [0, 0.05) is 62.9 Å². The normalized spacial score (nSPS) is 36.1. The molecule has 2 saturated heterocycles. The number of ketones is 2. The van der Waals surface area contributed by atoms with Crippen molar-refractivity contribution in [3.63, 3.8) is 0 Å². The molecule has 58 heavy (non-hydrogen) atoms. The van der Waals surface area contributed by atoms with Crippen LogP contribution in [0.3, 0.4) is 0 Å². The Kier molecular flexibility index (Phi) is 15.6. The number of sulfone groups is 1. The number of cyclic esters (lactones) is 1. The van der Waals surface area contributed by atoms with E-state index in [1.54, 1.807) is 49.7 Å². The zero-order valence-corrected chi connectivity index (χ0v) is 36.5. The third-order valence-corrected chi connectivity index (χ3v) is 13.5. The maximum atomic E-state index is 14.1. The van der Waals surface area contributed by atoms with Gasteiger partial charge in [-0.3, -0.25) is 19.1 Å². The van der Waals surface area contributed by atoms with Crippen LogP contribution in [0.25, 0.3) is 0 Å². The number of aliphatic hydroxyl groups excluding tert-OH is 2. The summed E-state index contributed by atoms with van der Waals surface area (Å²) >= 11 is 0. The number of likely N-dealkylation sites (N-methyl/N-ethyl adjacent to an activating group) is 1. The molecule has 3 N–H and O–H groups in total. The molecule has 0 radical (unpaired) electrons. The van der Waals surface area contributed by atoms with Crippen molar-refractivity contribution in [2.75, 3.05) is 27.0 Å². The van der Waals surface area contributed by atoms with Crippen molar-refractivity contribution < 1.29 is 57.1 Å². The lowest BCUT2D eigenvalue weighted by atomic mass is 9.74. The van der Waals surface area contributed by atoms with Crippen LogP contribution >= 0.6 is 0 Å². The van der Waals surface area contributed by atoms with E-state index < -0.39 is 93.2 Å². The van der Waals surface area contributed by atoms with Crippen LogP contribution in [-0.2, 0) is 62.6 Å². The number of esters is 1. The van der Waals surface area contributed by atoms with Gasteiger partial charge in [-0.1, -0.05) is 38.1 Å². The van der Waals surface area contributed by atoms with Crippen molar-refractivity contribution in [3.8, 4) is 0 Å². The van der Waals surface area contributed by atoms with E-state index in [0.717, 1.165) is 11.3 Å². The van der Waals surface area contributed by atoms with Crippen molar-refractivity contribution in [2.45, 2.75) is 147 Å². The summed E-state index contributed by atoms with van der Waals surface area (Å²) in [6, 6.07) is 6.34. The van der Waals surface area contributed by atoms with E-state index in [-0.39, 0.29) is 23.2 Å². The number of nitrogens with zero attached hydrogens (tertiary/aromatic N) is 4. The van der Waals surface area contributed by atoms with Gasteiger partial charge in [0.2, 0.25) is 0 Å². The van der Waals surface area contributed by atoms with Crippen LogP contribution in [0.1, 0.15) is 79.5 Å². The van der Waals surface area contributed by atoms with Crippen molar-refractivity contribution in [3.05, 3.63) is 41.7 Å². The van der Waals surface area contributed by atoms with E-state index >= 15 is 0 Å². The van der Waals surface area contributed by atoms with Crippen molar-refractivity contribution in [2.24, 2.45) is 23.7 Å². The summed E-state index contributed by atoms with van der Waals surface area (Å²) in [5.41, 5.74) is -1.61. The zero-order chi connectivity index (χ0) is 43.5. The number of carbonyl (C=O) groups is 3. The first kappa shape index (κ1) is 47.5. The van der Waals surface area contributed by atoms with Crippen LogP contribution in [0.15, 0.2) is 35.4 Å². The van der Waals surface area contributed by atoms with Crippen LogP contribution in [0.4, 0.5) is 0 Å². The molecule has 0 saturated carbocycles. The number of aromatic nitrogens is 3. The second-order valence-corrected chi connectivity index (χ2v) is 19.0. The molecule has 0 unspecified atom stereocenters. The molecule has 2 aromatic rings. The summed E-state index contributed by atoms with van der Waals surface area (Å²) in [7, 11) is 0.0466. The summed E-state index contributed by atoms with van der Waals surface area (Å²) in [4.78, 5) is 43.4. The Morgan fingerprint density at radius 2 is 1.62 bits per heavy atom. The minimum atomic E-state index is -3.27. The van der Waals surface area contributed by atoms with E-state index in [1.807, 2.05) is 25.1 Å². The topological polar surface area (TPSA) is 217 Å². The van der Waals surface area contributed by atoms with Gasteiger partial charge in [-0.15, -0.1) is 5.10 Å². The van der Waals surface area contributed by atoms with Crippen LogP contribution < -0.4 is 0 Å². The molecule has 0 aliphatic carbocycles. The number of hydrogen-bond acceptors (Lipinski definition) is 15. The number of benzene rings is 1. The Bertz CT molecular complexity index is 1840. The predicted molar refractivity (Wildman–Crippen MR) is 212 cm³/mol.